The van der Waals surface area contributed by atoms with E-state index in [0.29, 0.717) is 5.69 Å². The van der Waals surface area contributed by atoms with Gasteiger partial charge in [-0.25, -0.2) is 0 Å². The fraction of sp³-hybridized carbons (Fsp3) is 0.158. The Bertz CT molecular complexity index is 875. The van der Waals surface area contributed by atoms with Gasteiger partial charge in [-0.15, -0.1) is 0 Å². The Kier molecular flexibility index (Phi) is 3.98. The Balaban J connectivity index is 2.13. The quantitative estimate of drug-likeness (QED) is 0.726. The van der Waals surface area contributed by atoms with Crippen LogP contribution in [-0.4, -0.2) is 21.3 Å². The zero-order valence-corrected chi connectivity index (χ0v) is 12.8. The molecule has 0 aliphatic carbocycles. The molecule has 0 saturated heterocycles. The number of hydrogen-bond donors (Lipinski definition) is 1. The molecule has 23 heavy (non-hydrogen) atoms. The summed E-state index contributed by atoms with van der Waals surface area (Å²) >= 11 is 0. The molecule has 1 N–H and O–H groups in total. The maximum atomic E-state index is 12.6. The molecule has 0 aliphatic rings. The Morgan fingerprint density at radius 3 is 2.48 bits per heavy atom. The first-order chi connectivity index (χ1) is 11.1. The van der Waals surface area contributed by atoms with Crippen molar-refractivity contribution >= 4 is 17.3 Å². The van der Waals surface area contributed by atoms with Crippen molar-refractivity contribution in [2.75, 3.05) is 0 Å². The van der Waals surface area contributed by atoms with Crippen LogP contribution in [0.1, 0.15) is 28.9 Å². The fourth-order valence-electron chi connectivity index (χ4n) is 2.70. The van der Waals surface area contributed by atoms with E-state index in [1.165, 1.54) is 0 Å². The number of benzene rings is 1. The van der Waals surface area contributed by atoms with Crippen molar-refractivity contribution in [1.29, 1.82) is 0 Å². The zero-order chi connectivity index (χ0) is 16.4. The molecule has 0 spiro atoms. The molecule has 3 aromatic rings. The summed E-state index contributed by atoms with van der Waals surface area (Å²) in [7, 11) is 0. The molecule has 0 fully saturated rings. The Hall–Kier alpha value is -2.88. The number of ketones is 1. The highest BCUT2D eigenvalue weighted by molar-refractivity contribution is 6.03. The summed E-state index contributed by atoms with van der Waals surface area (Å²) in [5.41, 5.74) is 4.41. The van der Waals surface area contributed by atoms with Gasteiger partial charge in [-0.1, -0.05) is 35.9 Å². The Morgan fingerprint density at radius 2 is 1.78 bits per heavy atom. The van der Waals surface area contributed by atoms with Gasteiger partial charge in [-0.3, -0.25) is 9.59 Å². The lowest BCUT2D eigenvalue weighted by atomic mass is 10.0. The van der Waals surface area contributed by atoms with Gasteiger partial charge in [-0.2, -0.15) is 0 Å². The van der Waals surface area contributed by atoms with Crippen LogP contribution in [0.3, 0.4) is 0 Å². The molecular formula is C19H17NO3. The maximum absolute atomic E-state index is 12.6. The number of rotatable bonds is 5. The molecule has 0 saturated carbocycles. The number of hydrogen-bond acceptors (Lipinski definition) is 2. The summed E-state index contributed by atoms with van der Waals surface area (Å²) in [4.78, 5) is 23.4. The van der Waals surface area contributed by atoms with Gasteiger partial charge in [0.25, 0.3) is 0 Å². The first-order valence-corrected chi connectivity index (χ1v) is 7.48. The van der Waals surface area contributed by atoms with E-state index in [2.05, 4.69) is 0 Å². The summed E-state index contributed by atoms with van der Waals surface area (Å²) in [6, 6.07) is 15.7. The third-order valence-electron chi connectivity index (χ3n) is 3.87. The minimum atomic E-state index is -0.962. The number of aryl methyl sites for hydroxylation is 1. The van der Waals surface area contributed by atoms with Gasteiger partial charge >= 0.3 is 5.97 Å². The van der Waals surface area contributed by atoms with Crippen LogP contribution in [0, 0.1) is 6.92 Å². The first-order valence-electron chi connectivity index (χ1n) is 7.48. The molecular weight excluding hydrogens is 290 g/mol. The second-order valence-electron chi connectivity index (χ2n) is 5.59. The lowest BCUT2D eigenvalue weighted by molar-refractivity contribution is -0.136. The largest absolute Gasteiger partial charge is 0.481 e. The van der Waals surface area contributed by atoms with Crippen LogP contribution in [0.2, 0.25) is 0 Å². The maximum Gasteiger partial charge on any atom is 0.303 e. The number of carbonyl (C=O) groups is 2. The van der Waals surface area contributed by atoms with E-state index in [9.17, 15) is 9.59 Å². The molecule has 2 heterocycles. The van der Waals surface area contributed by atoms with E-state index in [4.69, 9.17) is 5.11 Å². The Labute approximate surface area is 134 Å². The van der Waals surface area contributed by atoms with Gasteiger partial charge in [0.1, 0.15) is 0 Å². The molecule has 3 rings (SSSR count). The smallest absolute Gasteiger partial charge is 0.303 e. The van der Waals surface area contributed by atoms with Crippen LogP contribution < -0.4 is 0 Å². The van der Waals surface area contributed by atoms with E-state index in [-0.39, 0.29) is 18.6 Å². The van der Waals surface area contributed by atoms with Crippen LogP contribution in [0.4, 0.5) is 0 Å². The fourth-order valence-corrected chi connectivity index (χ4v) is 2.70. The summed E-state index contributed by atoms with van der Waals surface area (Å²) < 4.78 is 1.83. The number of aliphatic carboxylic acids is 1. The van der Waals surface area contributed by atoms with Crippen LogP contribution in [0.15, 0.2) is 54.7 Å². The van der Waals surface area contributed by atoms with E-state index >= 15 is 0 Å². The van der Waals surface area contributed by atoms with E-state index in [0.717, 1.165) is 22.2 Å². The molecule has 0 atom stereocenters. The van der Waals surface area contributed by atoms with E-state index < -0.39 is 5.97 Å². The molecule has 2 aromatic heterocycles. The Morgan fingerprint density at radius 1 is 1.04 bits per heavy atom. The third-order valence-corrected chi connectivity index (χ3v) is 3.87. The molecule has 0 aliphatic heterocycles. The minimum Gasteiger partial charge on any atom is -0.481 e. The normalized spacial score (nSPS) is 10.8. The number of carbonyl (C=O) groups excluding carboxylic acids is 1. The van der Waals surface area contributed by atoms with Crippen molar-refractivity contribution in [3.05, 3.63) is 66.0 Å². The number of carboxylic acid groups (broad SMARTS) is 1. The van der Waals surface area contributed by atoms with Gasteiger partial charge in [0.05, 0.1) is 12.1 Å². The van der Waals surface area contributed by atoms with Gasteiger partial charge in [0, 0.05) is 23.7 Å². The number of aromatic nitrogens is 1. The zero-order valence-electron chi connectivity index (χ0n) is 12.8. The van der Waals surface area contributed by atoms with Crippen molar-refractivity contribution in [1.82, 2.24) is 4.40 Å². The second kappa shape index (κ2) is 6.08. The molecule has 0 amide bonds. The van der Waals surface area contributed by atoms with Crippen molar-refractivity contribution in [2.24, 2.45) is 0 Å². The standard InChI is InChI=1S/C19H17NO3/c1-13-5-7-14(8-6-13)16-12-15-4-2-3-11-20(15)19(16)17(21)9-10-18(22)23/h2-8,11-12H,9-10H2,1H3,(H,22,23). The van der Waals surface area contributed by atoms with Crippen LogP contribution in [0.5, 0.6) is 0 Å². The molecule has 0 radical (unpaired) electrons. The summed E-state index contributed by atoms with van der Waals surface area (Å²) in [5, 5.41) is 8.83. The van der Waals surface area contributed by atoms with Crippen LogP contribution in [0.25, 0.3) is 16.6 Å². The summed E-state index contributed by atoms with van der Waals surface area (Å²) in [5.74, 6) is -1.12. The van der Waals surface area contributed by atoms with Gasteiger partial charge in [-0.05, 0) is 30.7 Å². The van der Waals surface area contributed by atoms with E-state index in [1.54, 1.807) is 0 Å². The molecule has 0 bridgehead atoms. The number of fused-ring (bicyclic) bond motifs is 1. The van der Waals surface area contributed by atoms with Crippen molar-refractivity contribution in [3.8, 4) is 11.1 Å². The van der Waals surface area contributed by atoms with Gasteiger partial charge < -0.3 is 9.51 Å². The summed E-state index contributed by atoms with van der Waals surface area (Å²) in [6.07, 6.45) is 1.67. The number of nitrogens with zero attached hydrogens (tertiary/aromatic N) is 1. The highest BCUT2D eigenvalue weighted by Crippen LogP contribution is 2.29. The highest BCUT2D eigenvalue weighted by atomic mass is 16.4. The van der Waals surface area contributed by atoms with Gasteiger partial charge in [0.15, 0.2) is 5.78 Å². The highest BCUT2D eigenvalue weighted by Gasteiger charge is 2.19. The first kappa shape index (κ1) is 15.0. The third kappa shape index (κ3) is 3.01. The number of Topliss-reactive ketones (excluding diaryl/α,β-unsaturated/α-hetero) is 1. The van der Waals surface area contributed by atoms with Crippen molar-refractivity contribution in [2.45, 2.75) is 19.8 Å². The average molecular weight is 307 g/mol. The minimum absolute atomic E-state index is 0.00476. The SMILES string of the molecule is Cc1ccc(-c2cc3ccccn3c2C(=O)CCC(=O)O)cc1. The van der Waals surface area contributed by atoms with Gasteiger partial charge in [0.2, 0.25) is 0 Å². The predicted molar refractivity (Wildman–Crippen MR) is 88.8 cm³/mol. The lowest BCUT2D eigenvalue weighted by Crippen LogP contribution is -2.08. The topological polar surface area (TPSA) is 58.8 Å². The molecule has 0 unspecified atom stereocenters. The van der Waals surface area contributed by atoms with Crippen molar-refractivity contribution in [3.63, 3.8) is 0 Å². The molecule has 1 aromatic carbocycles. The van der Waals surface area contributed by atoms with Crippen molar-refractivity contribution < 1.29 is 14.7 Å². The second-order valence-corrected chi connectivity index (χ2v) is 5.59. The molecule has 116 valence electrons. The molecule has 4 heteroatoms. The van der Waals surface area contributed by atoms with Crippen LogP contribution >= 0.6 is 0 Å². The average Bonchev–Trinajstić information content (AvgIpc) is 2.92. The predicted octanol–water partition coefficient (Wildman–Crippen LogP) is 3.96. The number of pyridine rings is 1. The lowest BCUT2D eigenvalue weighted by Gasteiger charge is -2.06. The number of carboxylic acids is 1. The van der Waals surface area contributed by atoms with E-state index in [1.807, 2.05) is 66.1 Å². The summed E-state index contributed by atoms with van der Waals surface area (Å²) in [6.45, 7) is 2.01. The van der Waals surface area contributed by atoms with Crippen LogP contribution in [-0.2, 0) is 4.79 Å². The molecule has 4 nitrogen and oxygen atoms in total. The monoisotopic (exact) mass is 307 g/mol.